The summed E-state index contributed by atoms with van der Waals surface area (Å²) in [5.41, 5.74) is 3.97. The molecular weight excluding hydrogens is 439 g/mol. The highest BCUT2D eigenvalue weighted by molar-refractivity contribution is 6.31. The van der Waals surface area contributed by atoms with Crippen LogP contribution >= 0.6 is 11.6 Å². The molecule has 33 heavy (non-hydrogen) atoms. The molecule has 1 fully saturated rings. The van der Waals surface area contributed by atoms with Crippen LogP contribution in [0.1, 0.15) is 24.0 Å². The number of pyridine rings is 1. The second kappa shape index (κ2) is 9.45. The topological polar surface area (TPSA) is 69.7 Å². The molecular formula is C25H26ClFN6. The van der Waals surface area contributed by atoms with Crippen LogP contribution in [-0.2, 0) is 6.54 Å². The summed E-state index contributed by atoms with van der Waals surface area (Å²) in [7, 11) is 0. The lowest BCUT2D eigenvalue weighted by Gasteiger charge is -2.33. The number of nitrogens with zero attached hydrogens (tertiary/aromatic N) is 4. The Morgan fingerprint density at radius 3 is 3.03 bits per heavy atom. The molecule has 1 aromatic carbocycles. The average molecular weight is 465 g/mol. The minimum Gasteiger partial charge on any atom is -0.370 e. The molecule has 1 saturated heterocycles. The molecule has 0 unspecified atom stereocenters. The van der Waals surface area contributed by atoms with E-state index in [9.17, 15) is 4.39 Å². The largest absolute Gasteiger partial charge is 0.370 e. The van der Waals surface area contributed by atoms with Crippen molar-refractivity contribution in [2.45, 2.75) is 26.3 Å². The van der Waals surface area contributed by atoms with Crippen molar-refractivity contribution >= 4 is 28.5 Å². The fourth-order valence-corrected chi connectivity index (χ4v) is 4.73. The molecule has 5 rings (SSSR count). The van der Waals surface area contributed by atoms with Gasteiger partial charge in [-0.05, 0) is 43.9 Å². The van der Waals surface area contributed by atoms with Crippen molar-refractivity contribution in [2.75, 3.05) is 25.0 Å². The van der Waals surface area contributed by atoms with E-state index < -0.39 is 5.95 Å². The first-order valence-corrected chi connectivity index (χ1v) is 11.6. The zero-order valence-electron chi connectivity index (χ0n) is 18.5. The lowest BCUT2D eigenvalue weighted by Crippen LogP contribution is -2.37. The fourth-order valence-electron chi connectivity index (χ4n) is 4.57. The van der Waals surface area contributed by atoms with Crippen molar-refractivity contribution in [1.82, 2.24) is 24.8 Å². The summed E-state index contributed by atoms with van der Waals surface area (Å²) in [6.07, 6.45) is 5.60. The Hall–Kier alpha value is -3.03. The molecule has 170 valence electrons. The number of fused-ring (bicyclic) bond motifs is 1. The van der Waals surface area contributed by atoms with E-state index >= 15 is 0 Å². The summed E-state index contributed by atoms with van der Waals surface area (Å²) >= 11 is 6.10. The molecule has 0 saturated carbocycles. The SMILES string of the molecule is Cc1cccc(CN2CCC[C@@H](CNc3cc(F)nc(-c4c[nH]c5ncc(Cl)cc45)n3)C2)c1. The first kappa shape index (κ1) is 21.8. The van der Waals surface area contributed by atoms with E-state index in [1.165, 1.54) is 17.2 Å². The summed E-state index contributed by atoms with van der Waals surface area (Å²) in [5.74, 6) is 0.688. The van der Waals surface area contributed by atoms with Crippen LogP contribution in [0.5, 0.6) is 0 Å². The van der Waals surface area contributed by atoms with Crippen molar-refractivity contribution in [2.24, 2.45) is 5.92 Å². The van der Waals surface area contributed by atoms with Gasteiger partial charge in [-0.15, -0.1) is 0 Å². The molecule has 2 N–H and O–H groups in total. The number of rotatable bonds is 6. The minimum absolute atomic E-state index is 0.303. The van der Waals surface area contributed by atoms with Crippen LogP contribution in [0.15, 0.2) is 48.8 Å². The number of piperidine rings is 1. The lowest BCUT2D eigenvalue weighted by atomic mass is 9.97. The van der Waals surface area contributed by atoms with Crippen LogP contribution in [0, 0.1) is 18.8 Å². The van der Waals surface area contributed by atoms with Crippen molar-refractivity contribution in [3.05, 3.63) is 70.9 Å². The summed E-state index contributed by atoms with van der Waals surface area (Å²) in [6, 6.07) is 11.8. The molecule has 0 bridgehead atoms. The van der Waals surface area contributed by atoms with Gasteiger partial charge < -0.3 is 10.3 Å². The highest BCUT2D eigenvalue weighted by Crippen LogP contribution is 2.28. The average Bonchev–Trinajstić information content (AvgIpc) is 3.21. The molecule has 6 nitrogen and oxygen atoms in total. The summed E-state index contributed by atoms with van der Waals surface area (Å²) in [5, 5.41) is 4.61. The van der Waals surface area contributed by atoms with Gasteiger partial charge in [-0.25, -0.2) is 9.97 Å². The predicted molar refractivity (Wildman–Crippen MR) is 130 cm³/mol. The van der Waals surface area contributed by atoms with Gasteiger partial charge in [0.15, 0.2) is 5.82 Å². The van der Waals surface area contributed by atoms with Gasteiger partial charge in [0.25, 0.3) is 0 Å². The molecule has 4 heterocycles. The number of halogens is 2. The maximum Gasteiger partial charge on any atom is 0.218 e. The van der Waals surface area contributed by atoms with E-state index in [1.807, 2.05) is 0 Å². The molecule has 4 aromatic rings. The number of aromatic nitrogens is 4. The number of nitrogens with one attached hydrogen (secondary N) is 2. The van der Waals surface area contributed by atoms with Crippen molar-refractivity contribution in [3.8, 4) is 11.4 Å². The van der Waals surface area contributed by atoms with E-state index in [0.29, 0.717) is 33.8 Å². The molecule has 0 amide bonds. The van der Waals surface area contributed by atoms with Gasteiger partial charge in [-0.2, -0.15) is 9.37 Å². The number of hydrogen-bond acceptors (Lipinski definition) is 5. The Labute approximate surface area is 197 Å². The Kier molecular flexibility index (Phi) is 6.24. The number of aromatic amines is 1. The molecule has 1 aliphatic rings. The molecule has 0 spiro atoms. The first-order chi connectivity index (χ1) is 16.0. The number of hydrogen-bond donors (Lipinski definition) is 2. The van der Waals surface area contributed by atoms with Crippen molar-refractivity contribution in [1.29, 1.82) is 0 Å². The number of aryl methyl sites for hydroxylation is 1. The number of anilines is 1. The monoisotopic (exact) mass is 464 g/mol. The second-order valence-electron chi connectivity index (χ2n) is 8.76. The van der Waals surface area contributed by atoms with Crippen LogP contribution in [0.4, 0.5) is 10.2 Å². The standard InChI is InChI=1S/C25H26ClFN6/c1-16-4-2-5-17(8-16)14-33-7-3-6-18(15-33)11-28-23-10-22(27)31-25(32-23)21-13-30-24-20(21)9-19(26)12-29-24/h2,4-5,8-10,12-13,18H,3,6-7,11,14-15H2,1H3,(H,29,30)(H,28,31,32)/t18-/m0/s1. The maximum atomic E-state index is 14.4. The number of H-pyrrole nitrogens is 1. The number of benzene rings is 1. The van der Waals surface area contributed by atoms with E-state index in [2.05, 4.69) is 61.3 Å². The second-order valence-corrected chi connectivity index (χ2v) is 9.20. The van der Waals surface area contributed by atoms with E-state index in [-0.39, 0.29) is 0 Å². The zero-order chi connectivity index (χ0) is 22.8. The van der Waals surface area contributed by atoms with Gasteiger partial charge in [0.2, 0.25) is 5.95 Å². The van der Waals surface area contributed by atoms with Crippen LogP contribution in [0.2, 0.25) is 5.02 Å². The molecule has 8 heteroatoms. The van der Waals surface area contributed by atoms with Gasteiger partial charge in [0.05, 0.1) is 5.02 Å². The van der Waals surface area contributed by atoms with Gasteiger partial charge >= 0.3 is 0 Å². The molecule has 1 aliphatic heterocycles. The predicted octanol–water partition coefficient (Wildman–Crippen LogP) is 5.44. The Morgan fingerprint density at radius 2 is 2.15 bits per heavy atom. The maximum absolute atomic E-state index is 14.4. The van der Waals surface area contributed by atoms with Gasteiger partial charge in [-0.3, -0.25) is 4.90 Å². The first-order valence-electron chi connectivity index (χ1n) is 11.2. The Bertz CT molecular complexity index is 1270. The van der Waals surface area contributed by atoms with E-state index in [0.717, 1.165) is 44.4 Å². The van der Waals surface area contributed by atoms with Gasteiger partial charge in [0.1, 0.15) is 11.5 Å². The third-order valence-corrected chi connectivity index (χ3v) is 6.30. The van der Waals surface area contributed by atoms with Crippen molar-refractivity contribution in [3.63, 3.8) is 0 Å². The van der Waals surface area contributed by atoms with Crippen LogP contribution < -0.4 is 5.32 Å². The highest BCUT2D eigenvalue weighted by atomic mass is 35.5. The lowest BCUT2D eigenvalue weighted by molar-refractivity contribution is 0.173. The van der Waals surface area contributed by atoms with Gasteiger partial charge in [-0.1, -0.05) is 41.4 Å². The molecule has 0 aliphatic carbocycles. The zero-order valence-corrected chi connectivity index (χ0v) is 19.2. The molecule has 3 aromatic heterocycles. The third kappa shape index (κ3) is 5.15. The summed E-state index contributed by atoms with van der Waals surface area (Å²) in [4.78, 5) is 18.4. The summed E-state index contributed by atoms with van der Waals surface area (Å²) < 4.78 is 14.4. The number of likely N-dealkylation sites (tertiary alicyclic amines) is 1. The van der Waals surface area contributed by atoms with Crippen LogP contribution in [0.25, 0.3) is 22.4 Å². The molecule has 1 atom stereocenters. The smallest absolute Gasteiger partial charge is 0.218 e. The van der Waals surface area contributed by atoms with Gasteiger partial charge in [0, 0.05) is 49.0 Å². The Balaban J connectivity index is 1.27. The highest BCUT2D eigenvalue weighted by Gasteiger charge is 2.20. The summed E-state index contributed by atoms with van der Waals surface area (Å²) in [6.45, 7) is 5.94. The van der Waals surface area contributed by atoms with Crippen molar-refractivity contribution < 1.29 is 4.39 Å². The van der Waals surface area contributed by atoms with E-state index in [4.69, 9.17) is 11.6 Å². The fraction of sp³-hybridized carbons (Fsp3) is 0.320. The van der Waals surface area contributed by atoms with Crippen LogP contribution in [0.3, 0.4) is 0 Å². The minimum atomic E-state index is -0.573. The quantitative estimate of drug-likeness (QED) is 0.371. The Morgan fingerprint density at radius 1 is 1.24 bits per heavy atom. The normalized spacial score (nSPS) is 16.9. The van der Waals surface area contributed by atoms with Crippen LogP contribution in [-0.4, -0.2) is 44.5 Å². The van der Waals surface area contributed by atoms with E-state index in [1.54, 1.807) is 18.5 Å². The third-order valence-electron chi connectivity index (χ3n) is 6.10. The molecule has 0 radical (unpaired) electrons.